The van der Waals surface area contributed by atoms with Crippen molar-refractivity contribution in [2.24, 2.45) is 0 Å². The van der Waals surface area contributed by atoms with Crippen LogP contribution in [0.4, 0.5) is 5.95 Å². The van der Waals surface area contributed by atoms with Crippen molar-refractivity contribution in [1.29, 1.82) is 0 Å². The maximum absolute atomic E-state index is 12.3. The number of fused-ring (bicyclic) bond motifs is 1. The number of anilines is 1. The van der Waals surface area contributed by atoms with Crippen LogP contribution in [0.5, 0.6) is 0 Å². The number of likely N-dealkylation sites (N-methyl/N-ethyl adjacent to an activating group) is 1. The molecule has 0 aliphatic carbocycles. The Morgan fingerprint density at radius 3 is 2.67 bits per heavy atom. The minimum Gasteiger partial charge on any atom is -0.339 e. The number of nitrogens with zero attached hydrogens (tertiary/aromatic N) is 4. The molecule has 2 heterocycles. The summed E-state index contributed by atoms with van der Waals surface area (Å²) in [5.74, 6) is 0.795. The molecule has 0 bridgehead atoms. The van der Waals surface area contributed by atoms with E-state index < -0.39 is 0 Å². The highest BCUT2D eigenvalue weighted by Gasteiger charge is 2.22. The topological polar surface area (TPSA) is 41.4 Å². The van der Waals surface area contributed by atoms with Crippen LogP contribution in [0.1, 0.15) is 0 Å². The van der Waals surface area contributed by atoms with Gasteiger partial charge in [-0.25, -0.2) is 4.98 Å². The summed E-state index contributed by atoms with van der Waals surface area (Å²) >= 11 is 0. The summed E-state index contributed by atoms with van der Waals surface area (Å²) in [5, 5.41) is 0. The third-order valence-electron chi connectivity index (χ3n) is 3.75. The minimum atomic E-state index is 0.0335. The molecule has 0 saturated carbocycles. The number of aromatic nitrogens is 2. The molecule has 1 aliphatic heterocycles. The lowest BCUT2D eigenvalue weighted by atomic mass is 10.1. The number of hydrogen-bond donors (Lipinski definition) is 0. The van der Waals surface area contributed by atoms with Crippen LogP contribution in [0, 0.1) is 0 Å². The molecule has 0 amide bonds. The fraction of sp³-hybridized carbons (Fsp3) is 0.375. The van der Waals surface area contributed by atoms with Gasteiger partial charge < -0.3 is 9.80 Å². The number of hydrogen-bond acceptors (Lipinski definition) is 4. The van der Waals surface area contributed by atoms with Crippen molar-refractivity contribution in [3.05, 3.63) is 46.8 Å². The Hall–Kier alpha value is -2.14. The van der Waals surface area contributed by atoms with Gasteiger partial charge in [0.15, 0.2) is 0 Å². The van der Waals surface area contributed by atoms with Gasteiger partial charge in [-0.15, -0.1) is 0 Å². The van der Waals surface area contributed by atoms with Crippen molar-refractivity contribution in [3.8, 4) is 11.3 Å². The molecule has 0 saturated heterocycles. The SMILES string of the molecule is CN(C)CCN1CCn2c1nc(-c1ccccc1)cc2=O. The van der Waals surface area contributed by atoms with Crippen molar-refractivity contribution in [3.63, 3.8) is 0 Å². The lowest BCUT2D eigenvalue weighted by Gasteiger charge is -2.20. The van der Waals surface area contributed by atoms with E-state index in [2.05, 4.69) is 23.9 Å². The standard InChI is InChI=1S/C16H20N4O/c1-18(2)8-9-19-10-11-20-15(21)12-14(17-16(19)20)13-6-4-3-5-7-13/h3-7,12H,8-11H2,1-2H3. The van der Waals surface area contributed by atoms with E-state index in [4.69, 9.17) is 4.98 Å². The Labute approximate surface area is 124 Å². The highest BCUT2D eigenvalue weighted by molar-refractivity contribution is 5.60. The fourth-order valence-corrected chi connectivity index (χ4v) is 2.56. The first-order valence-electron chi connectivity index (χ1n) is 7.22. The maximum Gasteiger partial charge on any atom is 0.255 e. The van der Waals surface area contributed by atoms with E-state index in [-0.39, 0.29) is 5.56 Å². The lowest BCUT2D eigenvalue weighted by Crippen LogP contribution is -2.31. The van der Waals surface area contributed by atoms with E-state index in [0.29, 0.717) is 0 Å². The monoisotopic (exact) mass is 284 g/mol. The average molecular weight is 284 g/mol. The second kappa shape index (κ2) is 5.69. The van der Waals surface area contributed by atoms with Crippen LogP contribution in [0.15, 0.2) is 41.2 Å². The molecule has 21 heavy (non-hydrogen) atoms. The first kappa shape index (κ1) is 13.8. The molecule has 5 heteroatoms. The maximum atomic E-state index is 12.3. The van der Waals surface area contributed by atoms with Crippen LogP contribution in [0.2, 0.25) is 0 Å². The van der Waals surface area contributed by atoms with Crippen LogP contribution < -0.4 is 10.5 Å². The predicted molar refractivity (Wildman–Crippen MR) is 84.7 cm³/mol. The molecule has 5 nitrogen and oxygen atoms in total. The van der Waals surface area contributed by atoms with Gasteiger partial charge in [-0.3, -0.25) is 9.36 Å². The minimum absolute atomic E-state index is 0.0335. The molecule has 0 spiro atoms. The summed E-state index contributed by atoms with van der Waals surface area (Å²) in [4.78, 5) is 21.3. The van der Waals surface area contributed by atoms with E-state index in [0.717, 1.165) is 43.4 Å². The van der Waals surface area contributed by atoms with Crippen molar-refractivity contribution >= 4 is 5.95 Å². The van der Waals surface area contributed by atoms with Gasteiger partial charge in [-0.2, -0.15) is 0 Å². The van der Waals surface area contributed by atoms with Gasteiger partial charge in [0.1, 0.15) is 0 Å². The summed E-state index contributed by atoms with van der Waals surface area (Å²) in [5.41, 5.74) is 1.77. The Kier molecular flexibility index (Phi) is 3.75. The molecule has 0 unspecified atom stereocenters. The summed E-state index contributed by atoms with van der Waals surface area (Å²) in [6.07, 6.45) is 0. The molecule has 0 atom stereocenters. The van der Waals surface area contributed by atoms with Crippen molar-refractivity contribution < 1.29 is 0 Å². The molecule has 1 aromatic heterocycles. The zero-order valence-corrected chi connectivity index (χ0v) is 12.5. The molecular weight excluding hydrogens is 264 g/mol. The Morgan fingerprint density at radius 1 is 1.19 bits per heavy atom. The molecule has 1 aromatic carbocycles. The van der Waals surface area contributed by atoms with Crippen molar-refractivity contribution in [1.82, 2.24) is 14.5 Å². The van der Waals surface area contributed by atoms with Gasteiger partial charge in [-0.1, -0.05) is 30.3 Å². The zero-order valence-electron chi connectivity index (χ0n) is 12.5. The Morgan fingerprint density at radius 2 is 1.95 bits per heavy atom. The summed E-state index contributed by atoms with van der Waals surface area (Å²) in [7, 11) is 4.11. The van der Waals surface area contributed by atoms with E-state index in [1.54, 1.807) is 10.6 Å². The Balaban J connectivity index is 1.96. The van der Waals surface area contributed by atoms with Gasteiger partial charge in [0, 0.05) is 37.8 Å². The third kappa shape index (κ3) is 2.83. The van der Waals surface area contributed by atoms with E-state index >= 15 is 0 Å². The first-order chi connectivity index (χ1) is 10.1. The molecule has 2 aromatic rings. The lowest BCUT2D eigenvalue weighted by molar-refractivity contribution is 0.414. The Bertz CT molecular complexity index is 678. The van der Waals surface area contributed by atoms with Crippen molar-refractivity contribution in [2.75, 3.05) is 38.6 Å². The third-order valence-corrected chi connectivity index (χ3v) is 3.75. The zero-order chi connectivity index (χ0) is 14.8. The van der Waals surface area contributed by atoms with Gasteiger partial charge in [-0.05, 0) is 14.1 Å². The molecular formula is C16H20N4O. The van der Waals surface area contributed by atoms with Gasteiger partial charge in [0.2, 0.25) is 5.95 Å². The summed E-state index contributed by atoms with van der Waals surface area (Å²) < 4.78 is 1.77. The molecule has 3 rings (SSSR count). The van der Waals surface area contributed by atoms with E-state index in [9.17, 15) is 4.79 Å². The average Bonchev–Trinajstić information content (AvgIpc) is 2.89. The van der Waals surface area contributed by atoms with E-state index in [1.807, 2.05) is 30.3 Å². The van der Waals surface area contributed by atoms with Gasteiger partial charge >= 0.3 is 0 Å². The van der Waals surface area contributed by atoms with Gasteiger partial charge in [0.05, 0.1) is 5.69 Å². The summed E-state index contributed by atoms with van der Waals surface area (Å²) in [6.45, 7) is 3.42. The second-order valence-electron chi connectivity index (χ2n) is 5.59. The quantitative estimate of drug-likeness (QED) is 0.848. The van der Waals surface area contributed by atoms with E-state index in [1.165, 1.54) is 0 Å². The van der Waals surface area contributed by atoms with Crippen LogP contribution in [0.25, 0.3) is 11.3 Å². The molecule has 0 fully saturated rings. The van der Waals surface area contributed by atoms with Crippen LogP contribution in [-0.2, 0) is 6.54 Å². The summed E-state index contributed by atoms with van der Waals surface area (Å²) in [6, 6.07) is 11.5. The largest absolute Gasteiger partial charge is 0.339 e. The fourth-order valence-electron chi connectivity index (χ4n) is 2.56. The van der Waals surface area contributed by atoms with Crippen LogP contribution in [-0.4, -0.2) is 48.2 Å². The normalized spacial score (nSPS) is 13.8. The predicted octanol–water partition coefficient (Wildman–Crippen LogP) is 1.29. The van der Waals surface area contributed by atoms with Gasteiger partial charge in [0.25, 0.3) is 5.56 Å². The highest BCUT2D eigenvalue weighted by atomic mass is 16.1. The molecule has 1 aliphatic rings. The van der Waals surface area contributed by atoms with Crippen LogP contribution >= 0.6 is 0 Å². The van der Waals surface area contributed by atoms with Crippen LogP contribution in [0.3, 0.4) is 0 Å². The van der Waals surface area contributed by atoms with Crippen molar-refractivity contribution in [2.45, 2.75) is 6.54 Å². The molecule has 0 N–H and O–H groups in total. The molecule has 110 valence electrons. The second-order valence-corrected chi connectivity index (χ2v) is 5.59. The first-order valence-corrected chi connectivity index (χ1v) is 7.22. The highest BCUT2D eigenvalue weighted by Crippen LogP contribution is 2.21. The molecule has 0 radical (unpaired) electrons. The number of benzene rings is 1. The number of rotatable bonds is 4. The smallest absolute Gasteiger partial charge is 0.255 e.